The van der Waals surface area contributed by atoms with Gasteiger partial charge in [0.1, 0.15) is 5.75 Å². The lowest BCUT2D eigenvalue weighted by molar-refractivity contribution is -0.136. The highest BCUT2D eigenvalue weighted by atomic mass is 19.4. The van der Waals surface area contributed by atoms with E-state index in [2.05, 4.69) is 4.98 Å². The standard InChI is InChI=1S/C11H15F3N2O/c1-8-5-10(9(6-15)7-16-8)17-4-2-3-11(12,13)14/h5,7H,2-4,6,15H2,1H3. The van der Waals surface area contributed by atoms with Crippen molar-refractivity contribution in [2.75, 3.05) is 6.61 Å². The van der Waals surface area contributed by atoms with Crippen LogP contribution in [0.1, 0.15) is 24.1 Å². The molecule has 1 aromatic rings. The summed E-state index contributed by atoms with van der Waals surface area (Å²) in [4.78, 5) is 4.04. The molecule has 3 nitrogen and oxygen atoms in total. The molecule has 0 radical (unpaired) electrons. The Kier molecular flexibility index (Phi) is 4.74. The second-order valence-electron chi connectivity index (χ2n) is 3.70. The molecule has 1 heterocycles. The second-order valence-corrected chi connectivity index (χ2v) is 3.70. The zero-order chi connectivity index (χ0) is 12.9. The molecule has 0 amide bonds. The molecule has 0 unspecified atom stereocenters. The zero-order valence-corrected chi connectivity index (χ0v) is 9.55. The number of ether oxygens (including phenoxy) is 1. The maximum atomic E-state index is 11.9. The highest BCUT2D eigenvalue weighted by molar-refractivity contribution is 5.32. The van der Waals surface area contributed by atoms with Gasteiger partial charge in [0.05, 0.1) is 6.61 Å². The third kappa shape index (κ3) is 5.04. The van der Waals surface area contributed by atoms with Crippen LogP contribution in [0.15, 0.2) is 12.3 Å². The molecule has 0 saturated carbocycles. The Morgan fingerprint density at radius 3 is 2.71 bits per heavy atom. The molecule has 0 aliphatic rings. The minimum Gasteiger partial charge on any atom is -0.493 e. The van der Waals surface area contributed by atoms with Crippen molar-refractivity contribution in [1.29, 1.82) is 0 Å². The van der Waals surface area contributed by atoms with Crippen molar-refractivity contribution < 1.29 is 17.9 Å². The molecule has 0 aromatic carbocycles. The summed E-state index contributed by atoms with van der Waals surface area (Å²) in [5.74, 6) is 0.516. The number of hydrogen-bond acceptors (Lipinski definition) is 3. The van der Waals surface area contributed by atoms with Crippen molar-refractivity contribution in [3.05, 3.63) is 23.5 Å². The van der Waals surface area contributed by atoms with Crippen LogP contribution in [-0.4, -0.2) is 17.8 Å². The molecule has 0 bridgehead atoms. The number of alkyl halides is 3. The Morgan fingerprint density at radius 2 is 2.12 bits per heavy atom. The first-order chi connectivity index (χ1) is 7.92. The van der Waals surface area contributed by atoms with Gasteiger partial charge in [0, 0.05) is 36.5 Å². The van der Waals surface area contributed by atoms with Crippen molar-refractivity contribution >= 4 is 0 Å². The Bertz CT molecular complexity index is 366. The molecule has 0 aliphatic carbocycles. The zero-order valence-electron chi connectivity index (χ0n) is 9.55. The van der Waals surface area contributed by atoms with Crippen molar-refractivity contribution in [2.45, 2.75) is 32.5 Å². The predicted octanol–water partition coefficient (Wildman–Crippen LogP) is 2.57. The predicted molar refractivity (Wildman–Crippen MR) is 57.6 cm³/mol. The molecule has 17 heavy (non-hydrogen) atoms. The third-order valence-electron chi connectivity index (χ3n) is 2.16. The second kappa shape index (κ2) is 5.86. The van der Waals surface area contributed by atoms with Crippen molar-refractivity contribution in [3.8, 4) is 5.75 Å². The molecule has 0 aliphatic heterocycles. The normalized spacial score (nSPS) is 11.6. The quantitative estimate of drug-likeness (QED) is 0.815. The largest absolute Gasteiger partial charge is 0.493 e. The van der Waals surface area contributed by atoms with Crippen LogP contribution in [0.4, 0.5) is 13.2 Å². The molecule has 6 heteroatoms. The maximum Gasteiger partial charge on any atom is 0.389 e. The molecule has 1 rings (SSSR count). The van der Waals surface area contributed by atoms with Crippen molar-refractivity contribution in [3.63, 3.8) is 0 Å². The molecular weight excluding hydrogens is 233 g/mol. The summed E-state index contributed by atoms with van der Waals surface area (Å²) in [6.07, 6.45) is -3.45. The molecule has 1 aromatic heterocycles. The van der Waals surface area contributed by atoms with Gasteiger partial charge in [0.2, 0.25) is 0 Å². The van der Waals surface area contributed by atoms with Crippen LogP contribution in [0.5, 0.6) is 5.75 Å². The van der Waals surface area contributed by atoms with Gasteiger partial charge in [-0.3, -0.25) is 4.98 Å². The van der Waals surface area contributed by atoms with E-state index in [1.165, 1.54) is 0 Å². The lowest BCUT2D eigenvalue weighted by atomic mass is 10.2. The SMILES string of the molecule is Cc1cc(OCCCC(F)(F)F)c(CN)cn1. The van der Waals surface area contributed by atoms with Crippen LogP contribution in [0.25, 0.3) is 0 Å². The number of nitrogens with zero attached hydrogens (tertiary/aromatic N) is 1. The number of hydrogen-bond donors (Lipinski definition) is 1. The highest BCUT2D eigenvalue weighted by Gasteiger charge is 2.26. The summed E-state index contributed by atoms with van der Waals surface area (Å²) in [6.45, 7) is 2.06. The first-order valence-corrected chi connectivity index (χ1v) is 5.27. The lowest BCUT2D eigenvalue weighted by Crippen LogP contribution is -2.11. The van der Waals surface area contributed by atoms with Crippen LogP contribution in [0.3, 0.4) is 0 Å². The molecule has 96 valence electrons. The number of pyridine rings is 1. The fourth-order valence-electron chi connectivity index (χ4n) is 1.31. The Hall–Kier alpha value is -1.30. The first kappa shape index (κ1) is 13.8. The summed E-state index contributed by atoms with van der Waals surface area (Å²) < 4.78 is 41.0. The summed E-state index contributed by atoms with van der Waals surface area (Å²) in [6, 6.07) is 1.68. The van der Waals surface area contributed by atoms with E-state index in [0.717, 1.165) is 5.69 Å². The van der Waals surface area contributed by atoms with E-state index in [9.17, 15) is 13.2 Å². The van der Waals surface area contributed by atoms with E-state index >= 15 is 0 Å². The van der Waals surface area contributed by atoms with Crippen molar-refractivity contribution in [1.82, 2.24) is 4.98 Å². The number of nitrogens with two attached hydrogens (primary N) is 1. The van der Waals surface area contributed by atoms with Crippen LogP contribution in [0.2, 0.25) is 0 Å². The monoisotopic (exact) mass is 248 g/mol. The average molecular weight is 248 g/mol. The van der Waals surface area contributed by atoms with E-state index in [1.54, 1.807) is 19.2 Å². The Morgan fingerprint density at radius 1 is 1.41 bits per heavy atom. The van der Waals surface area contributed by atoms with Gasteiger partial charge in [0.15, 0.2) is 0 Å². The van der Waals surface area contributed by atoms with E-state index < -0.39 is 12.6 Å². The lowest BCUT2D eigenvalue weighted by Gasteiger charge is -2.11. The van der Waals surface area contributed by atoms with Gasteiger partial charge in [-0.2, -0.15) is 13.2 Å². The maximum absolute atomic E-state index is 11.9. The average Bonchev–Trinajstić information content (AvgIpc) is 2.23. The smallest absolute Gasteiger partial charge is 0.389 e. The molecule has 0 fully saturated rings. The van der Waals surface area contributed by atoms with Crippen LogP contribution in [-0.2, 0) is 6.54 Å². The first-order valence-electron chi connectivity index (χ1n) is 5.27. The van der Waals surface area contributed by atoms with E-state index in [0.29, 0.717) is 11.3 Å². The fraction of sp³-hybridized carbons (Fsp3) is 0.545. The summed E-state index contributed by atoms with van der Waals surface area (Å²) in [5, 5.41) is 0. The molecular formula is C11H15F3N2O. The van der Waals surface area contributed by atoms with Crippen molar-refractivity contribution in [2.24, 2.45) is 5.73 Å². The van der Waals surface area contributed by atoms with Gasteiger partial charge in [-0.05, 0) is 13.3 Å². The molecule has 2 N–H and O–H groups in total. The van der Waals surface area contributed by atoms with Crippen LogP contribution in [0, 0.1) is 6.92 Å². The summed E-state index contributed by atoms with van der Waals surface area (Å²) in [7, 11) is 0. The fourth-order valence-corrected chi connectivity index (χ4v) is 1.31. The minimum atomic E-state index is -4.13. The van der Waals surface area contributed by atoms with E-state index in [-0.39, 0.29) is 19.6 Å². The topological polar surface area (TPSA) is 48.1 Å². The van der Waals surface area contributed by atoms with Gasteiger partial charge in [-0.25, -0.2) is 0 Å². The Labute approximate surface area is 97.8 Å². The van der Waals surface area contributed by atoms with Crippen LogP contribution >= 0.6 is 0 Å². The van der Waals surface area contributed by atoms with E-state index in [1.807, 2.05) is 0 Å². The summed E-state index contributed by atoms with van der Waals surface area (Å²) >= 11 is 0. The minimum absolute atomic E-state index is 0.0238. The molecule has 0 spiro atoms. The molecule has 0 atom stereocenters. The van der Waals surface area contributed by atoms with Gasteiger partial charge >= 0.3 is 6.18 Å². The van der Waals surface area contributed by atoms with Gasteiger partial charge in [-0.15, -0.1) is 0 Å². The third-order valence-corrected chi connectivity index (χ3v) is 2.16. The molecule has 0 saturated heterocycles. The number of aryl methyl sites for hydroxylation is 1. The Balaban J connectivity index is 2.48. The highest BCUT2D eigenvalue weighted by Crippen LogP contribution is 2.22. The van der Waals surface area contributed by atoms with E-state index in [4.69, 9.17) is 10.5 Å². The van der Waals surface area contributed by atoms with Gasteiger partial charge in [0.25, 0.3) is 0 Å². The van der Waals surface area contributed by atoms with Crippen LogP contribution < -0.4 is 10.5 Å². The number of halogens is 3. The van der Waals surface area contributed by atoms with Gasteiger partial charge < -0.3 is 10.5 Å². The summed E-state index contributed by atoms with van der Waals surface area (Å²) in [5.41, 5.74) is 6.91. The van der Waals surface area contributed by atoms with Gasteiger partial charge in [-0.1, -0.05) is 0 Å². The number of rotatable bonds is 5. The number of aromatic nitrogens is 1.